The Morgan fingerprint density at radius 3 is 2.71 bits per heavy atom. The highest BCUT2D eigenvalue weighted by Gasteiger charge is 2.48. The Morgan fingerprint density at radius 1 is 1.21 bits per heavy atom. The van der Waals surface area contributed by atoms with Crippen molar-refractivity contribution in [1.82, 2.24) is 19.8 Å². The summed E-state index contributed by atoms with van der Waals surface area (Å²) < 4.78 is 126. The number of nitrogens with one attached hydrogen (secondary N) is 2. The molecular weight excluding hydrogens is 372 g/mol. The van der Waals surface area contributed by atoms with Gasteiger partial charge in [0.1, 0.15) is 2.82 Å². The van der Waals surface area contributed by atoms with E-state index in [4.69, 9.17) is 12.4 Å². The van der Waals surface area contributed by atoms with Crippen LogP contribution in [0.15, 0.2) is 46.5 Å². The van der Waals surface area contributed by atoms with Crippen LogP contribution in [0, 0.1) is 0 Å². The number of benzene rings is 1. The molecule has 0 radical (unpaired) electrons. The van der Waals surface area contributed by atoms with Gasteiger partial charge in [-0.25, -0.2) is 8.42 Å². The van der Waals surface area contributed by atoms with E-state index in [1.165, 1.54) is 30.0 Å². The van der Waals surface area contributed by atoms with Crippen molar-refractivity contribution in [2.75, 3.05) is 13.0 Å². The Labute approximate surface area is 183 Å². The maximum absolute atomic E-state index is 13.9. The fourth-order valence-electron chi connectivity index (χ4n) is 4.21. The predicted molar refractivity (Wildman–Crippen MR) is 109 cm³/mol. The molecule has 1 saturated carbocycles. The molecule has 4 aliphatic rings. The van der Waals surface area contributed by atoms with E-state index < -0.39 is 69.9 Å². The zero-order valence-corrected chi connectivity index (χ0v) is 16.3. The molecule has 1 aliphatic carbocycles. The summed E-state index contributed by atoms with van der Waals surface area (Å²) in [5, 5.41) is 0.0645. The van der Waals surface area contributed by atoms with Crippen molar-refractivity contribution < 1.29 is 23.6 Å². The minimum atomic E-state index is -5.08. The number of nitrogens with zero attached hydrogens (tertiary/aromatic N) is 2. The van der Waals surface area contributed by atoms with Crippen LogP contribution >= 0.6 is 0 Å². The Balaban J connectivity index is 1.92. The largest absolute Gasteiger partial charge is 0.355 e. The molecule has 3 unspecified atom stereocenters. The highest BCUT2D eigenvalue weighted by Crippen LogP contribution is 2.40. The summed E-state index contributed by atoms with van der Waals surface area (Å²) in [6, 6.07) is 2.88. The van der Waals surface area contributed by atoms with Gasteiger partial charge in [0, 0.05) is 33.0 Å². The van der Waals surface area contributed by atoms with E-state index in [0.29, 0.717) is 31.0 Å². The smallest absolute Gasteiger partial charge is 0.244 e. The highest BCUT2D eigenvalue weighted by atomic mass is 32.2. The lowest BCUT2D eigenvalue weighted by atomic mass is 9.92. The highest BCUT2D eigenvalue weighted by molar-refractivity contribution is 7.89. The van der Waals surface area contributed by atoms with Crippen LogP contribution in [0.25, 0.3) is 0 Å². The molecular formula is C21H30N4O2S. The number of hydrogen-bond donors (Lipinski definition) is 2. The Morgan fingerprint density at radius 2 is 1.96 bits per heavy atom. The van der Waals surface area contributed by atoms with Gasteiger partial charge in [0.15, 0.2) is 0 Å². The topological polar surface area (TPSA) is 64.7 Å². The molecule has 152 valence electrons. The number of fused-ring (bicyclic) bond motifs is 2. The van der Waals surface area contributed by atoms with Gasteiger partial charge in [-0.3, -0.25) is 10.6 Å². The van der Waals surface area contributed by atoms with Gasteiger partial charge in [-0.1, -0.05) is 37.5 Å². The molecule has 0 aromatic heterocycles. The predicted octanol–water partition coefficient (Wildman–Crippen LogP) is 2.22. The second-order valence-corrected chi connectivity index (χ2v) is 9.05. The van der Waals surface area contributed by atoms with Gasteiger partial charge < -0.3 is 4.90 Å². The monoisotopic (exact) mass is 413 g/mol. The van der Waals surface area contributed by atoms with Gasteiger partial charge >= 0.3 is 0 Å². The van der Waals surface area contributed by atoms with Crippen molar-refractivity contribution in [3.8, 4) is 0 Å². The lowest BCUT2D eigenvalue weighted by molar-refractivity contribution is 0.169. The van der Waals surface area contributed by atoms with Crippen LogP contribution in [0.1, 0.15) is 57.7 Å². The first-order valence-electron chi connectivity index (χ1n) is 14.9. The van der Waals surface area contributed by atoms with Crippen LogP contribution in [0.5, 0.6) is 0 Å². The molecule has 1 aromatic rings. The summed E-state index contributed by atoms with van der Waals surface area (Å²) in [6.07, 6.45) is -5.70. The summed E-state index contributed by atoms with van der Waals surface area (Å²) >= 11 is 0. The summed E-state index contributed by atoms with van der Waals surface area (Å²) in [5.74, 6) is 0. The second kappa shape index (κ2) is 7.13. The number of rotatable bonds is 3. The minimum absolute atomic E-state index is 0.137. The van der Waals surface area contributed by atoms with Crippen LogP contribution < -0.4 is 10.6 Å². The van der Waals surface area contributed by atoms with Gasteiger partial charge in [-0.15, -0.1) is 0 Å². The van der Waals surface area contributed by atoms with Crippen LogP contribution in [0.3, 0.4) is 0 Å². The van der Waals surface area contributed by atoms with E-state index in [1.54, 1.807) is 0 Å². The van der Waals surface area contributed by atoms with Crippen molar-refractivity contribution in [2.24, 2.45) is 0 Å². The molecule has 3 aliphatic heterocycles. The van der Waals surface area contributed by atoms with Gasteiger partial charge in [-0.2, -0.15) is 4.31 Å². The van der Waals surface area contributed by atoms with Crippen molar-refractivity contribution >= 4 is 10.0 Å². The molecule has 28 heavy (non-hydrogen) atoms. The van der Waals surface area contributed by atoms with E-state index in [2.05, 4.69) is 0 Å². The van der Waals surface area contributed by atoms with Crippen molar-refractivity contribution in [3.05, 3.63) is 41.6 Å². The van der Waals surface area contributed by atoms with E-state index >= 15 is 0 Å². The summed E-state index contributed by atoms with van der Waals surface area (Å²) in [4.78, 5) is 0.699. The second-order valence-electron chi connectivity index (χ2n) is 7.26. The normalized spacial score (nSPS) is 52.3. The zero-order chi connectivity index (χ0) is 29.2. The molecule has 1 aromatic carbocycles. The zero-order valence-electron chi connectivity index (χ0n) is 26.5. The lowest BCUT2D eigenvalue weighted by Gasteiger charge is -2.40. The summed E-state index contributed by atoms with van der Waals surface area (Å²) in [6.45, 7) is -5.68. The average Bonchev–Trinajstić information content (AvgIpc) is 3.10. The minimum Gasteiger partial charge on any atom is -0.355 e. The summed E-state index contributed by atoms with van der Waals surface area (Å²) in [5.41, 5.74) is -1.62. The molecule has 3 heterocycles. The molecule has 2 N–H and O–H groups in total. The lowest BCUT2D eigenvalue weighted by Crippen LogP contribution is -2.53. The maximum Gasteiger partial charge on any atom is 0.244 e. The van der Waals surface area contributed by atoms with Crippen LogP contribution in [0.4, 0.5) is 0 Å². The quantitative estimate of drug-likeness (QED) is 0.796. The molecule has 0 spiro atoms. The fourth-order valence-corrected chi connectivity index (χ4v) is 5.45. The van der Waals surface area contributed by atoms with Gasteiger partial charge in [0.05, 0.1) is 27.3 Å². The van der Waals surface area contributed by atoms with Crippen molar-refractivity contribution in [3.63, 3.8) is 0 Å². The standard InChI is InChI=1S/C21H30N4O2S/c1-15-23-19-14-22-21-18(20(19)25(15)16-8-4-2-5-9-16)12-13-24(21)28(26,27)17-10-6-3-7-11-17/h3,6-7,10-11,15-16,19,21-23H,2,4-5,8-9,12-14H2,1H3/i12D2,13D2,14D2,15D,19D,21D/hD2. The average molecular weight is 414 g/mol. The third-order valence-corrected chi connectivity index (χ3v) is 7.12. The Hall–Kier alpha value is -1.41. The molecule has 7 heteroatoms. The first-order valence-corrected chi connectivity index (χ1v) is 10.9. The maximum atomic E-state index is 13.9. The molecule has 3 fully saturated rings. The van der Waals surface area contributed by atoms with E-state index in [1.807, 2.05) is 0 Å². The van der Waals surface area contributed by atoms with Crippen LogP contribution in [-0.2, 0) is 10.0 Å². The van der Waals surface area contributed by atoms with Crippen LogP contribution in [0.2, 0.25) is 2.82 Å². The third-order valence-electron chi connectivity index (χ3n) is 5.51. The van der Waals surface area contributed by atoms with Gasteiger partial charge in [0.25, 0.3) is 0 Å². The molecule has 0 amide bonds. The first-order chi connectivity index (χ1) is 17.8. The van der Waals surface area contributed by atoms with E-state index in [9.17, 15) is 11.2 Å². The third kappa shape index (κ3) is 2.91. The molecule has 3 atom stereocenters. The number of sulfonamides is 1. The van der Waals surface area contributed by atoms with Gasteiger partial charge in [-0.05, 0) is 43.8 Å². The van der Waals surface area contributed by atoms with E-state index in [-0.39, 0.29) is 9.62 Å². The SMILES string of the molecule is [2H]N1C2([2H])C(=C3N(C4CCCCC4)C([2H])(C)N([2H])C3([2H])C1([2H])[2H])C([2H])([2H])C([2H])([2H])N2S(=O)(=O)c1ccccc1. The first kappa shape index (κ1) is 10.1. The Kier molecular flexibility index (Phi) is 2.56. The van der Waals surface area contributed by atoms with Gasteiger partial charge in [0.2, 0.25) is 10.0 Å². The molecule has 6 nitrogen and oxygen atoms in total. The van der Waals surface area contributed by atoms with E-state index in [0.717, 1.165) is 18.6 Å². The molecule has 2 saturated heterocycles. The Bertz CT molecular complexity index is 1320. The van der Waals surface area contributed by atoms with Crippen molar-refractivity contribution in [1.29, 1.82) is 0 Å². The van der Waals surface area contributed by atoms with Crippen molar-refractivity contribution in [2.45, 2.75) is 74.6 Å². The molecule has 5 rings (SSSR count). The van der Waals surface area contributed by atoms with Crippen LogP contribution in [-0.4, -0.2) is 55.0 Å². The summed E-state index contributed by atoms with van der Waals surface area (Å²) in [7, 11) is -5.08. The molecule has 0 bridgehead atoms. The number of hydrogen-bond acceptors (Lipinski definition) is 5. The fraction of sp³-hybridized carbons (Fsp3) is 0.619.